The van der Waals surface area contributed by atoms with Gasteiger partial charge >= 0.3 is 0 Å². The van der Waals surface area contributed by atoms with Gasteiger partial charge in [0, 0.05) is 0 Å². The Hall–Kier alpha value is -0.780. The molecule has 1 rings (SSSR count). The van der Waals surface area contributed by atoms with Crippen molar-refractivity contribution in [3.05, 3.63) is 35.4 Å². The highest BCUT2D eigenvalue weighted by Crippen LogP contribution is 2.23. The fourth-order valence-electron chi connectivity index (χ4n) is 2.76. The molecule has 0 saturated carbocycles. The van der Waals surface area contributed by atoms with Crippen LogP contribution in [0.1, 0.15) is 96.6 Å². The molecule has 0 saturated heterocycles. The normalized spacial score (nSPS) is 13.4. The van der Waals surface area contributed by atoms with Gasteiger partial charge in [0.1, 0.15) is 0 Å². The number of aryl methyl sites for hydroxylation is 1. The van der Waals surface area contributed by atoms with Gasteiger partial charge in [-0.2, -0.15) is 0 Å². The number of hydrogen-bond acceptors (Lipinski definition) is 0. The van der Waals surface area contributed by atoms with Gasteiger partial charge < -0.3 is 0 Å². The van der Waals surface area contributed by atoms with Crippen LogP contribution in [0, 0.1) is 5.41 Å². The Bertz CT molecular complexity index is 366. The summed E-state index contributed by atoms with van der Waals surface area (Å²) in [5.41, 5.74) is 3.51. The molecule has 0 bridgehead atoms. The summed E-state index contributed by atoms with van der Waals surface area (Å²) in [5, 5.41) is 0. The Morgan fingerprint density at radius 2 is 1.43 bits per heavy atom. The quantitative estimate of drug-likeness (QED) is 0.424. The van der Waals surface area contributed by atoms with Gasteiger partial charge in [-0.15, -0.1) is 0 Å². The lowest BCUT2D eigenvalue weighted by molar-refractivity contribution is 0.356. The van der Waals surface area contributed by atoms with Gasteiger partial charge in [-0.1, -0.05) is 84.6 Å². The van der Waals surface area contributed by atoms with Crippen LogP contribution in [0.4, 0.5) is 0 Å². The standard InChI is InChI=1S/C21H36/c1-6-18(2)20-15-13-19(14-16-20)12-10-8-7-9-11-17-21(3,4)5/h13-16,18H,6-12,17H2,1-5H3. The molecule has 0 aliphatic carbocycles. The molecule has 0 heterocycles. The van der Waals surface area contributed by atoms with Gasteiger partial charge in [0.15, 0.2) is 0 Å². The van der Waals surface area contributed by atoms with Crippen LogP contribution < -0.4 is 0 Å². The maximum atomic E-state index is 2.34. The Morgan fingerprint density at radius 1 is 0.857 bits per heavy atom. The van der Waals surface area contributed by atoms with Crippen LogP contribution in [-0.2, 0) is 6.42 Å². The van der Waals surface area contributed by atoms with Crippen molar-refractivity contribution in [2.75, 3.05) is 0 Å². The van der Waals surface area contributed by atoms with Crippen molar-refractivity contribution in [3.63, 3.8) is 0 Å². The average Bonchev–Trinajstić information content (AvgIpc) is 2.45. The Kier molecular flexibility index (Phi) is 8.07. The van der Waals surface area contributed by atoms with Crippen LogP contribution in [0.2, 0.25) is 0 Å². The second kappa shape index (κ2) is 9.28. The van der Waals surface area contributed by atoms with E-state index in [4.69, 9.17) is 0 Å². The minimum atomic E-state index is 0.511. The molecule has 0 amide bonds. The van der Waals surface area contributed by atoms with Crippen molar-refractivity contribution >= 4 is 0 Å². The third-order valence-electron chi connectivity index (χ3n) is 4.55. The predicted octanol–water partition coefficient (Wildman–Crippen LogP) is 7.13. The Morgan fingerprint density at radius 3 is 2.00 bits per heavy atom. The molecule has 0 spiro atoms. The molecule has 21 heavy (non-hydrogen) atoms. The van der Waals surface area contributed by atoms with Crippen molar-refractivity contribution in [3.8, 4) is 0 Å². The lowest BCUT2D eigenvalue weighted by Gasteiger charge is -2.17. The summed E-state index contributed by atoms with van der Waals surface area (Å²) < 4.78 is 0. The first-order valence-corrected chi connectivity index (χ1v) is 9.01. The minimum Gasteiger partial charge on any atom is -0.0648 e. The first-order valence-electron chi connectivity index (χ1n) is 9.01. The van der Waals surface area contributed by atoms with E-state index in [9.17, 15) is 0 Å². The summed E-state index contributed by atoms with van der Waals surface area (Å²) in [6, 6.07) is 9.32. The van der Waals surface area contributed by atoms with Crippen LogP contribution in [0.15, 0.2) is 24.3 Å². The van der Waals surface area contributed by atoms with Crippen LogP contribution >= 0.6 is 0 Å². The fourth-order valence-corrected chi connectivity index (χ4v) is 2.76. The highest BCUT2D eigenvalue weighted by molar-refractivity contribution is 5.25. The van der Waals surface area contributed by atoms with Gasteiger partial charge in [-0.05, 0) is 48.1 Å². The zero-order chi connectivity index (χ0) is 15.7. The largest absolute Gasteiger partial charge is 0.0648 e. The highest BCUT2D eigenvalue weighted by atomic mass is 14.1. The summed E-state index contributed by atoms with van der Waals surface area (Å²) in [4.78, 5) is 0. The lowest BCUT2D eigenvalue weighted by Crippen LogP contribution is -2.03. The maximum Gasteiger partial charge on any atom is -0.0193 e. The fraction of sp³-hybridized carbons (Fsp3) is 0.714. The second-order valence-electron chi connectivity index (χ2n) is 7.88. The van der Waals surface area contributed by atoms with Gasteiger partial charge in [0.05, 0.1) is 0 Å². The van der Waals surface area contributed by atoms with E-state index in [2.05, 4.69) is 58.9 Å². The van der Waals surface area contributed by atoms with Gasteiger partial charge in [0.2, 0.25) is 0 Å². The SMILES string of the molecule is CCC(C)c1ccc(CCCCCCCC(C)(C)C)cc1. The molecule has 0 aromatic heterocycles. The van der Waals surface area contributed by atoms with E-state index in [0.29, 0.717) is 11.3 Å². The molecule has 0 nitrogen and oxygen atoms in total. The first kappa shape index (κ1) is 18.3. The van der Waals surface area contributed by atoms with Crippen LogP contribution in [0.25, 0.3) is 0 Å². The Balaban J connectivity index is 2.13. The zero-order valence-corrected chi connectivity index (χ0v) is 15.0. The Labute approximate surface area is 133 Å². The molecule has 1 aromatic carbocycles. The molecular weight excluding hydrogens is 252 g/mol. The number of benzene rings is 1. The molecule has 0 N–H and O–H groups in total. The third kappa shape index (κ3) is 8.29. The molecule has 1 atom stereocenters. The second-order valence-corrected chi connectivity index (χ2v) is 7.88. The number of hydrogen-bond donors (Lipinski definition) is 0. The van der Waals surface area contributed by atoms with E-state index in [-0.39, 0.29) is 0 Å². The van der Waals surface area contributed by atoms with Crippen LogP contribution in [0.5, 0.6) is 0 Å². The van der Waals surface area contributed by atoms with Crippen molar-refractivity contribution in [1.29, 1.82) is 0 Å². The topological polar surface area (TPSA) is 0 Å². The van der Waals surface area contributed by atoms with Crippen molar-refractivity contribution in [2.24, 2.45) is 5.41 Å². The van der Waals surface area contributed by atoms with Crippen molar-refractivity contribution in [2.45, 2.75) is 91.9 Å². The van der Waals surface area contributed by atoms with Crippen LogP contribution in [0.3, 0.4) is 0 Å². The average molecular weight is 289 g/mol. The molecule has 120 valence electrons. The summed E-state index contributed by atoms with van der Waals surface area (Å²) in [6.45, 7) is 11.6. The number of rotatable bonds is 9. The maximum absolute atomic E-state index is 2.34. The summed E-state index contributed by atoms with van der Waals surface area (Å²) in [6.07, 6.45) is 10.8. The molecule has 1 unspecified atom stereocenters. The first-order chi connectivity index (χ1) is 9.92. The number of unbranched alkanes of at least 4 members (excludes halogenated alkanes) is 4. The zero-order valence-electron chi connectivity index (χ0n) is 15.0. The highest BCUT2D eigenvalue weighted by Gasteiger charge is 2.08. The van der Waals surface area contributed by atoms with Crippen molar-refractivity contribution in [1.82, 2.24) is 0 Å². The molecular formula is C21H36. The summed E-state index contributed by atoms with van der Waals surface area (Å²) >= 11 is 0. The van der Waals surface area contributed by atoms with Gasteiger partial charge in [-0.3, -0.25) is 0 Å². The van der Waals surface area contributed by atoms with E-state index in [1.165, 1.54) is 62.5 Å². The predicted molar refractivity (Wildman–Crippen MR) is 96.0 cm³/mol. The van der Waals surface area contributed by atoms with E-state index in [0.717, 1.165) is 0 Å². The van der Waals surface area contributed by atoms with E-state index < -0.39 is 0 Å². The monoisotopic (exact) mass is 288 g/mol. The molecule has 0 aliphatic heterocycles. The molecule has 0 radical (unpaired) electrons. The third-order valence-corrected chi connectivity index (χ3v) is 4.55. The molecule has 0 fully saturated rings. The van der Waals surface area contributed by atoms with Gasteiger partial charge in [-0.25, -0.2) is 0 Å². The van der Waals surface area contributed by atoms with E-state index in [1.54, 1.807) is 0 Å². The summed E-state index contributed by atoms with van der Waals surface area (Å²) in [7, 11) is 0. The molecule has 0 aliphatic rings. The van der Waals surface area contributed by atoms with Gasteiger partial charge in [0.25, 0.3) is 0 Å². The van der Waals surface area contributed by atoms with E-state index >= 15 is 0 Å². The molecule has 1 aromatic rings. The van der Waals surface area contributed by atoms with Crippen molar-refractivity contribution < 1.29 is 0 Å². The molecule has 0 heteroatoms. The lowest BCUT2D eigenvalue weighted by atomic mass is 9.89. The summed E-state index contributed by atoms with van der Waals surface area (Å²) in [5.74, 6) is 0.696. The van der Waals surface area contributed by atoms with Crippen LogP contribution in [-0.4, -0.2) is 0 Å². The minimum absolute atomic E-state index is 0.511. The smallest absolute Gasteiger partial charge is 0.0193 e. The van der Waals surface area contributed by atoms with E-state index in [1.807, 2.05) is 0 Å².